The quantitative estimate of drug-likeness (QED) is 0.123. The number of hydrogen-bond acceptors (Lipinski definition) is 9. The number of nitrogens with one attached hydrogen (secondary N) is 2. The van der Waals surface area contributed by atoms with Crippen LogP contribution >= 0.6 is 0 Å². The second-order valence-electron chi connectivity index (χ2n) is 19.3. The number of benzene rings is 2. The largest absolute Gasteiger partial charge is 0.393 e. The highest BCUT2D eigenvalue weighted by Crippen LogP contribution is 2.63. The maximum absolute atomic E-state index is 14.8. The number of carbonyl (C=O) groups is 2. The number of Topliss-reactive ketones (excluding diaryl/α,β-unsaturated/α-hetero) is 1. The molecule has 10 nitrogen and oxygen atoms in total. The Bertz CT molecular complexity index is 2260. The van der Waals surface area contributed by atoms with Crippen LogP contribution in [0.25, 0.3) is 0 Å². The van der Waals surface area contributed by atoms with E-state index in [0.717, 1.165) is 40.7 Å². The number of nitrogens with two attached hydrogens (primary N) is 1. The number of ketones is 1. The smallest absolute Gasteiger partial charge is 0.243 e. The molecule has 342 valence electrons. The molecule has 10 heteroatoms. The number of fused-ring (bicyclic) bond motifs is 4. The summed E-state index contributed by atoms with van der Waals surface area (Å²) in [4.78, 5) is 28.4. The average molecular weight is 872 g/mol. The summed E-state index contributed by atoms with van der Waals surface area (Å²) in [5.41, 5.74) is 12.8. The van der Waals surface area contributed by atoms with Gasteiger partial charge >= 0.3 is 0 Å². The minimum absolute atomic E-state index is 0.0121. The molecule has 1 spiro atoms. The van der Waals surface area contributed by atoms with Crippen LogP contribution in [-0.2, 0) is 33.6 Å². The number of aliphatic hydroxyl groups excluding tert-OH is 3. The zero-order chi connectivity index (χ0) is 45.6. The lowest BCUT2D eigenvalue weighted by Crippen LogP contribution is -2.59. The van der Waals surface area contributed by atoms with Crippen LogP contribution in [0, 0.1) is 29.1 Å². The van der Waals surface area contributed by atoms with Crippen LogP contribution in [-0.4, -0.2) is 75.8 Å². The first kappa shape index (κ1) is 47.5. The predicted octanol–water partition coefficient (Wildman–Crippen LogP) is 6.63. The number of β-amino-alcohol motifs (C(OH)–C–C–N with tert-alkyl or cyclic N) is 1. The molecule has 9 unspecified atom stereocenters. The van der Waals surface area contributed by atoms with Crippen molar-refractivity contribution in [3.05, 3.63) is 129 Å². The summed E-state index contributed by atoms with van der Waals surface area (Å²) in [5, 5.41) is 54.6. The molecule has 0 saturated heterocycles. The highest BCUT2D eigenvalue weighted by Gasteiger charge is 2.64. The molecule has 0 radical (unpaired) electrons. The van der Waals surface area contributed by atoms with E-state index in [2.05, 4.69) is 48.1 Å². The molecule has 3 heterocycles. The Kier molecular flexibility index (Phi) is 15.5. The third-order valence-electron chi connectivity index (χ3n) is 15.0. The van der Waals surface area contributed by atoms with Crippen molar-refractivity contribution in [2.24, 2.45) is 23.0 Å². The van der Waals surface area contributed by atoms with Crippen LogP contribution in [0.15, 0.2) is 101 Å². The minimum atomic E-state index is -1.29. The molecule has 7 rings (SSSR count). The fourth-order valence-corrected chi connectivity index (χ4v) is 11.4. The molecule has 3 aliphatic heterocycles. The van der Waals surface area contributed by atoms with Crippen molar-refractivity contribution in [1.29, 1.82) is 0 Å². The predicted molar refractivity (Wildman–Crippen MR) is 250 cm³/mol. The van der Waals surface area contributed by atoms with Gasteiger partial charge in [-0.3, -0.25) is 14.9 Å². The number of rotatable bonds is 1. The average Bonchev–Trinajstić information content (AvgIpc) is 3.60. The molecule has 2 bridgehead atoms. The first-order chi connectivity index (χ1) is 30.7. The van der Waals surface area contributed by atoms with Gasteiger partial charge in [-0.2, -0.15) is 0 Å². The lowest BCUT2D eigenvalue weighted by Gasteiger charge is -2.56. The molecule has 5 aliphatic rings. The van der Waals surface area contributed by atoms with Crippen molar-refractivity contribution in [3.8, 4) is 11.8 Å². The van der Waals surface area contributed by atoms with Crippen molar-refractivity contribution in [3.63, 3.8) is 0 Å². The lowest BCUT2D eigenvalue weighted by molar-refractivity contribution is -0.168. The molecule has 2 aromatic carbocycles. The number of allylic oxidation sites excluding steroid dienone is 8. The number of amides is 1. The number of aryl methyl sites for hydroxylation is 1. The van der Waals surface area contributed by atoms with E-state index in [1.165, 1.54) is 5.57 Å². The van der Waals surface area contributed by atoms with Crippen molar-refractivity contribution in [2.45, 2.75) is 140 Å². The molecule has 0 aromatic heterocycles. The van der Waals surface area contributed by atoms with E-state index in [-0.39, 0.29) is 43.8 Å². The third-order valence-corrected chi connectivity index (χ3v) is 15.0. The SMILES string of the molecule is C=C1C=CC=C(C2CCC3(C4CCC(O)Cc5cccc(c5)CCC(O)CNC5C(=O)NC(N)c6cccc(c65)CC(=O)C(C)=C4CCC3(C)O)C2O)COCC#CCC(C)=CCC1. The molecule has 9 atom stereocenters. The molecule has 8 N–H and O–H groups in total. The first-order valence-corrected chi connectivity index (χ1v) is 23.4. The summed E-state index contributed by atoms with van der Waals surface area (Å²) >= 11 is 0. The third kappa shape index (κ3) is 10.5. The lowest BCUT2D eigenvalue weighted by atomic mass is 9.52. The Morgan fingerprint density at radius 1 is 0.938 bits per heavy atom. The van der Waals surface area contributed by atoms with Crippen LogP contribution in [0.4, 0.5) is 0 Å². The van der Waals surface area contributed by atoms with E-state index in [1.54, 1.807) is 0 Å². The van der Waals surface area contributed by atoms with Gasteiger partial charge in [0.1, 0.15) is 18.8 Å². The van der Waals surface area contributed by atoms with E-state index in [9.17, 15) is 30.0 Å². The van der Waals surface area contributed by atoms with Gasteiger partial charge in [-0.15, -0.1) is 0 Å². The van der Waals surface area contributed by atoms with Gasteiger partial charge in [0, 0.05) is 30.7 Å². The molecular weight excluding hydrogens is 803 g/mol. The van der Waals surface area contributed by atoms with Gasteiger partial charge in [0.05, 0.1) is 30.5 Å². The van der Waals surface area contributed by atoms with Crippen molar-refractivity contribution < 1.29 is 34.8 Å². The molecule has 1 amide bonds. The first-order valence-electron chi connectivity index (χ1n) is 23.4. The van der Waals surface area contributed by atoms with E-state index >= 15 is 0 Å². The second kappa shape index (κ2) is 20.8. The van der Waals surface area contributed by atoms with Crippen LogP contribution in [0.3, 0.4) is 0 Å². The van der Waals surface area contributed by atoms with Crippen LogP contribution in [0.5, 0.6) is 0 Å². The summed E-state index contributed by atoms with van der Waals surface area (Å²) < 4.78 is 6.16. The minimum Gasteiger partial charge on any atom is -0.393 e. The Labute approximate surface area is 379 Å². The zero-order valence-corrected chi connectivity index (χ0v) is 38.0. The monoisotopic (exact) mass is 872 g/mol. The highest BCUT2D eigenvalue weighted by atomic mass is 16.5. The molecule has 2 aromatic rings. The number of hydrogen-bond donors (Lipinski definition) is 7. The maximum Gasteiger partial charge on any atom is 0.243 e. The fraction of sp³-hybridized carbons (Fsp3) is 0.519. The van der Waals surface area contributed by atoms with E-state index in [1.807, 2.05) is 68.5 Å². The van der Waals surface area contributed by atoms with Gasteiger partial charge in [-0.25, -0.2) is 0 Å². The van der Waals surface area contributed by atoms with Gasteiger partial charge in [-0.1, -0.05) is 102 Å². The fourth-order valence-electron chi connectivity index (χ4n) is 11.4. The van der Waals surface area contributed by atoms with E-state index in [4.69, 9.17) is 10.5 Å². The molecule has 2 fully saturated rings. The normalized spacial score (nSPS) is 32.8. The summed E-state index contributed by atoms with van der Waals surface area (Å²) in [6, 6.07) is 12.8. The Balaban J connectivity index is 1.28. The van der Waals surface area contributed by atoms with Crippen molar-refractivity contribution in [2.75, 3.05) is 19.8 Å². The molecule has 64 heavy (non-hydrogen) atoms. The second-order valence-corrected chi connectivity index (χ2v) is 19.3. The number of carbonyl (C=O) groups excluding carboxylic acids is 2. The molecule has 2 saturated carbocycles. The van der Waals surface area contributed by atoms with Crippen LogP contribution < -0.4 is 16.4 Å². The van der Waals surface area contributed by atoms with Crippen LogP contribution in [0.2, 0.25) is 0 Å². The van der Waals surface area contributed by atoms with Gasteiger partial charge < -0.3 is 36.2 Å². The number of aliphatic hydroxyl groups is 4. The van der Waals surface area contributed by atoms with Crippen LogP contribution in [0.1, 0.15) is 125 Å². The van der Waals surface area contributed by atoms with Crippen molar-refractivity contribution >= 4 is 11.7 Å². The molecule has 2 aliphatic carbocycles. The van der Waals surface area contributed by atoms with Gasteiger partial charge in [0.25, 0.3) is 0 Å². The summed E-state index contributed by atoms with van der Waals surface area (Å²) in [5.74, 6) is 5.16. The Morgan fingerprint density at radius 2 is 1.73 bits per heavy atom. The van der Waals surface area contributed by atoms with E-state index in [0.29, 0.717) is 86.5 Å². The topological polar surface area (TPSA) is 174 Å². The summed E-state index contributed by atoms with van der Waals surface area (Å²) in [7, 11) is 0. The van der Waals surface area contributed by atoms with Crippen molar-refractivity contribution in [1.82, 2.24) is 10.6 Å². The Hall–Kier alpha value is -4.44. The standard InChI is InChI=1S/C54H69N3O7/c1-34-11-5-6-28-64-33-40(18-8-14-35(2)13-7-12-34)44-25-27-54(50(44)61)46-23-22-41(58)30-38-16-9-15-37(29-38)20-21-42(59)32-56-49-48-39(17-10-19-45(48)51(55)57-52(49)62)31-47(60)36(3)43(46)24-26-53(54,4)63/h8-10,12,14-19,29,41-42,44,46,49-51,56,58-59,61,63H,2,7,11,13,20-28,30-33,55H2,1,3-4H3,(H,57,62). The van der Waals surface area contributed by atoms with Gasteiger partial charge in [0.2, 0.25) is 5.91 Å². The number of ether oxygens (including phenoxy) is 1. The summed E-state index contributed by atoms with van der Waals surface area (Å²) in [6.07, 6.45) is 11.7. The highest BCUT2D eigenvalue weighted by molar-refractivity contribution is 5.98. The zero-order valence-electron chi connectivity index (χ0n) is 38.0. The van der Waals surface area contributed by atoms with Gasteiger partial charge in [0.15, 0.2) is 5.78 Å². The maximum atomic E-state index is 14.8. The summed E-state index contributed by atoms with van der Waals surface area (Å²) in [6.45, 7) is 10.7. The Morgan fingerprint density at radius 3 is 2.56 bits per heavy atom. The van der Waals surface area contributed by atoms with Gasteiger partial charge in [-0.05, 0) is 136 Å². The van der Waals surface area contributed by atoms with E-state index < -0.39 is 47.5 Å². The molecular formula is C54H69N3O7.